The number of rotatable bonds is 5. The lowest BCUT2D eigenvalue weighted by Gasteiger charge is -2.07. The van der Waals surface area contributed by atoms with Gasteiger partial charge in [0.1, 0.15) is 17.2 Å². The van der Waals surface area contributed by atoms with Gasteiger partial charge in [0.15, 0.2) is 0 Å². The third-order valence-electron chi connectivity index (χ3n) is 3.49. The van der Waals surface area contributed by atoms with Crippen molar-refractivity contribution in [3.8, 4) is 0 Å². The van der Waals surface area contributed by atoms with E-state index in [9.17, 15) is 9.90 Å². The highest BCUT2D eigenvalue weighted by molar-refractivity contribution is 9.10. The molecule has 7 heteroatoms. The molecule has 0 radical (unpaired) electrons. The van der Waals surface area contributed by atoms with E-state index in [0.717, 1.165) is 14.9 Å². The number of halogens is 1. The molecule has 0 spiro atoms. The second-order valence-corrected chi connectivity index (χ2v) is 7.12. The average molecular weight is 419 g/mol. The van der Waals surface area contributed by atoms with Crippen LogP contribution in [0.1, 0.15) is 5.82 Å². The lowest BCUT2D eigenvalue weighted by Crippen LogP contribution is -2.09. The lowest BCUT2D eigenvalue weighted by atomic mass is 10.2. The Kier molecular flexibility index (Phi) is 5.45. The number of thioether (sulfide) groups is 1. The van der Waals surface area contributed by atoms with Crippen molar-refractivity contribution in [1.82, 2.24) is 9.97 Å². The number of fused-ring (bicyclic) bond motifs is 1. The zero-order valence-electron chi connectivity index (χ0n) is 13.3. The van der Waals surface area contributed by atoms with Gasteiger partial charge in [-0.15, -0.1) is 11.8 Å². The fourth-order valence-corrected chi connectivity index (χ4v) is 3.32. The number of aliphatic hydroxyl groups excluding tert-OH is 1. The van der Waals surface area contributed by atoms with Gasteiger partial charge in [-0.3, -0.25) is 0 Å². The molecule has 0 saturated heterocycles. The average Bonchev–Trinajstić information content (AvgIpc) is 3.04. The van der Waals surface area contributed by atoms with E-state index < -0.39 is 5.97 Å². The number of hydrogen-bond acceptors (Lipinski definition) is 5. The summed E-state index contributed by atoms with van der Waals surface area (Å²) in [5.74, 6) is -0.197. The van der Waals surface area contributed by atoms with Gasteiger partial charge in [0.2, 0.25) is 0 Å². The van der Waals surface area contributed by atoms with Gasteiger partial charge in [-0.2, -0.15) is 0 Å². The number of methoxy groups -OCH3 is 1. The van der Waals surface area contributed by atoms with E-state index in [1.54, 1.807) is 0 Å². The topological polar surface area (TPSA) is 75.2 Å². The smallest absolute Gasteiger partial charge is 0.345 e. The highest BCUT2D eigenvalue weighted by Crippen LogP contribution is 2.26. The number of nitrogens with zero attached hydrogens (tertiary/aromatic N) is 1. The summed E-state index contributed by atoms with van der Waals surface area (Å²) < 4.78 is 5.80. The fraction of sp³-hybridized carbons (Fsp3) is 0.111. The van der Waals surface area contributed by atoms with Crippen molar-refractivity contribution in [2.75, 3.05) is 12.9 Å². The minimum Gasteiger partial charge on any atom is -0.510 e. The van der Waals surface area contributed by atoms with E-state index in [-0.39, 0.29) is 17.1 Å². The maximum Gasteiger partial charge on any atom is 0.345 e. The van der Waals surface area contributed by atoms with E-state index >= 15 is 0 Å². The highest BCUT2D eigenvalue weighted by atomic mass is 79.9. The first-order valence-corrected chi connectivity index (χ1v) is 9.20. The summed E-state index contributed by atoms with van der Waals surface area (Å²) >= 11 is 4.80. The van der Waals surface area contributed by atoms with E-state index in [1.165, 1.54) is 18.9 Å². The summed E-state index contributed by atoms with van der Waals surface area (Å²) in [4.78, 5) is 20.6. The van der Waals surface area contributed by atoms with Crippen LogP contribution in [0, 0.1) is 0 Å². The first-order chi connectivity index (χ1) is 12.1. The standard InChI is InChI=1S/C18H15BrN2O3S/c1-24-18(23)16(17-20-13-4-2-3-5-14(13)21-17)15(22)10-25-12-8-6-11(19)7-9-12/h2-9,22H,10H2,1H3,(H,20,21)/b16-15+. The Hall–Kier alpha value is -2.25. The Morgan fingerprint density at radius 1 is 1.24 bits per heavy atom. The zero-order valence-corrected chi connectivity index (χ0v) is 15.7. The van der Waals surface area contributed by atoms with E-state index in [0.29, 0.717) is 11.3 Å². The van der Waals surface area contributed by atoms with E-state index in [1.807, 2.05) is 48.5 Å². The van der Waals surface area contributed by atoms with Crippen LogP contribution in [0.5, 0.6) is 0 Å². The number of aromatic amines is 1. The first kappa shape index (κ1) is 17.6. The number of carbonyl (C=O) groups is 1. The number of hydrogen-bond donors (Lipinski definition) is 2. The maximum atomic E-state index is 12.2. The van der Waals surface area contributed by atoms with Gasteiger partial charge >= 0.3 is 5.97 Å². The summed E-state index contributed by atoms with van der Waals surface area (Å²) in [6.07, 6.45) is 0. The van der Waals surface area contributed by atoms with Gasteiger partial charge in [0, 0.05) is 9.37 Å². The molecular formula is C18H15BrN2O3S. The molecule has 3 aromatic rings. The number of H-pyrrole nitrogens is 1. The van der Waals surface area contributed by atoms with Crippen molar-refractivity contribution in [2.45, 2.75) is 4.90 Å². The number of para-hydroxylation sites is 2. The predicted octanol–water partition coefficient (Wildman–Crippen LogP) is 4.56. The molecule has 1 aromatic heterocycles. The Bertz CT molecular complexity index is 902. The van der Waals surface area contributed by atoms with Crippen molar-refractivity contribution in [2.24, 2.45) is 0 Å². The molecule has 0 aliphatic carbocycles. The number of esters is 1. The molecule has 3 rings (SSSR count). The molecule has 0 bridgehead atoms. The minimum atomic E-state index is -0.632. The summed E-state index contributed by atoms with van der Waals surface area (Å²) in [5, 5.41) is 10.5. The SMILES string of the molecule is COC(=O)/C(=C(/O)CSc1ccc(Br)cc1)c1nc2ccccc2[nH]1. The van der Waals surface area contributed by atoms with Gasteiger partial charge in [-0.25, -0.2) is 9.78 Å². The van der Waals surface area contributed by atoms with Crippen LogP contribution in [-0.4, -0.2) is 33.9 Å². The van der Waals surface area contributed by atoms with Gasteiger partial charge in [0.25, 0.3) is 0 Å². The van der Waals surface area contributed by atoms with Crippen LogP contribution >= 0.6 is 27.7 Å². The molecule has 25 heavy (non-hydrogen) atoms. The number of aliphatic hydroxyl groups is 1. The molecule has 0 aliphatic rings. The molecule has 0 saturated carbocycles. The van der Waals surface area contributed by atoms with Crippen LogP contribution in [0.15, 0.2) is 63.7 Å². The van der Waals surface area contributed by atoms with Crippen LogP contribution in [0.25, 0.3) is 16.6 Å². The van der Waals surface area contributed by atoms with Crippen molar-refractivity contribution in [3.05, 3.63) is 64.6 Å². The largest absolute Gasteiger partial charge is 0.510 e. The third-order valence-corrected chi connectivity index (χ3v) is 5.05. The van der Waals surface area contributed by atoms with Crippen molar-refractivity contribution in [3.63, 3.8) is 0 Å². The Balaban J connectivity index is 1.91. The predicted molar refractivity (Wildman–Crippen MR) is 103 cm³/mol. The number of benzene rings is 2. The number of imidazole rings is 1. The van der Waals surface area contributed by atoms with E-state index in [4.69, 9.17) is 4.74 Å². The molecule has 0 unspecified atom stereocenters. The number of nitrogens with one attached hydrogen (secondary N) is 1. The molecule has 128 valence electrons. The van der Waals surface area contributed by atoms with Crippen molar-refractivity contribution in [1.29, 1.82) is 0 Å². The summed E-state index contributed by atoms with van der Waals surface area (Å²) in [6.45, 7) is 0. The van der Waals surface area contributed by atoms with Crippen LogP contribution < -0.4 is 0 Å². The number of ether oxygens (including phenoxy) is 1. The normalized spacial score (nSPS) is 12.1. The number of carbonyl (C=O) groups excluding carboxylic acids is 1. The molecule has 0 fully saturated rings. The van der Waals surface area contributed by atoms with E-state index in [2.05, 4.69) is 25.9 Å². The molecule has 2 N–H and O–H groups in total. The monoisotopic (exact) mass is 418 g/mol. The second-order valence-electron chi connectivity index (χ2n) is 5.16. The van der Waals surface area contributed by atoms with Crippen LogP contribution in [0.2, 0.25) is 0 Å². The van der Waals surface area contributed by atoms with Gasteiger partial charge in [-0.1, -0.05) is 28.1 Å². The molecule has 0 atom stereocenters. The third kappa shape index (κ3) is 4.05. The highest BCUT2D eigenvalue weighted by Gasteiger charge is 2.22. The van der Waals surface area contributed by atoms with Crippen molar-refractivity contribution < 1.29 is 14.6 Å². The zero-order chi connectivity index (χ0) is 17.8. The lowest BCUT2D eigenvalue weighted by molar-refractivity contribution is -0.133. The second kappa shape index (κ2) is 7.76. The molecule has 1 heterocycles. The molecule has 0 amide bonds. The van der Waals surface area contributed by atoms with Crippen LogP contribution in [-0.2, 0) is 9.53 Å². The minimum absolute atomic E-state index is 0.0447. The fourth-order valence-electron chi connectivity index (χ4n) is 2.28. The van der Waals surface area contributed by atoms with Crippen molar-refractivity contribution >= 4 is 50.3 Å². The maximum absolute atomic E-state index is 12.2. The number of aromatic nitrogens is 2. The molecule has 5 nitrogen and oxygen atoms in total. The van der Waals surface area contributed by atoms with Crippen LogP contribution in [0.3, 0.4) is 0 Å². The van der Waals surface area contributed by atoms with Crippen LogP contribution in [0.4, 0.5) is 0 Å². The Morgan fingerprint density at radius 3 is 2.64 bits per heavy atom. The quantitative estimate of drug-likeness (QED) is 0.275. The Morgan fingerprint density at radius 2 is 1.96 bits per heavy atom. The van der Waals surface area contributed by atoms with Gasteiger partial charge < -0.3 is 14.8 Å². The molecule has 0 aliphatic heterocycles. The molecular weight excluding hydrogens is 404 g/mol. The summed E-state index contributed by atoms with van der Waals surface area (Å²) in [6, 6.07) is 15.1. The Labute approximate surface area is 157 Å². The van der Waals surface area contributed by atoms with Gasteiger partial charge in [-0.05, 0) is 36.4 Å². The summed E-state index contributed by atoms with van der Waals surface area (Å²) in [7, 11) is 1.28. The summed E-state index contributed by atoms with van der Waals surface area (Å²) in [5.41, 5.74) is 1.54. The van der Waals surface area contributed by atoms with Gasteiger partial charge in [0.05, 0.1) is 23.9 Å². The first-order valence-electron chi connectivity index (χ1n) is 7.42. The molecule has 2 aromatic carbocycles.